The average Bonchev–Trinajstić information content (AvgIpc) is 2.16. The standard InChI is InChI=1S/C12H23BO3/c1-11(2,14)12(3,4)16-13(5)10-7-6-8-15-9-10/h7,14H,6,8-9H2,1-5H3. The fraction of sp³-hybridized carbons (Fsp3) is 0.833. The minimum atomic E-state index is -0.864. The Labute approximate surface area is 98.9 Å². The van der Waals surface area contributed by atoms with Crippen LogP contribution in [0.2, 0.25) is 6.82 Å². The molecule has 16 heavy (non-hydrogen) atoms. The number of hydrogen-bond acceptors (Lipinski definition) is 3. The average molecular weight is 226 g/mol. The molecule has 0 radical (unpaired) electrons. The van der Waals surface area contributed by atoms with Gasteiger partial charge in [0.2, 0.25) is 0 Å². The molecule has 0 unspecified atom stereocenters. The monoisotopic (exact) mass is 226 g/mol. The van der Waals surface area contributed by atoms with Crippen LogP contribution in [0, 0.1) is 0 Å². The summed E-state index contributed by atoms with van der Waals surface area (Å²) in [4.78, 5) is 0. The van der Waals surface area contributed by atoms with Gasteiger partial charge in [-0.1, -0.05) is 18.4 Å². The van der Waals surface area contributed by atoms with Crippen LogP contribution in [0.15, 0.2) is 11.5 Å². The van der Waals surface area contributed by atoms with Crippen LogP contribution < -0.4 is 0 Å². The predicted molar refractivity (Wildman–Crippen MR) is 66.6 cm³/mol. The molecule has 0 aromatic carbocycles. The summed E-state index contributed by atoms with van der Waals surface area (Å²) in [5, 5.41) is 10.0. The molecular formula is C12H23BO3. The molecular weight excluding hydrogens is 203 g/mol. The van der Waals surface area contributed by atoms with Crippen LogP contribution in [0.5, 0.6) is 0 Å². The van der Waals surface area contributed by atoms with E-state index in [0.29, 0.717) is 6.61 Å². The molecule has 3 nitrogen and oxygen atoms in total. The van der Waals surface area contributed by atoms with Gasteiger partial charge in [-0.05, 0) is 34.1 Å². The summed E-state index contributed by atoms with van der Waals surface area (Å²) in [6.07, 6.45) is 3.13. The van der Waals surface area contributed by atoms with Crippen molar-refractivity contribution in [2.45, 2.75) is 52.1 Å². The highest BCUT2D eigenvalue weighted by Gasteiger charge is 2.38. The Morgan fingerprint density at radius 2 is 2.00 bits per heavy atom. The third-order valence-corrected chi connectivity index (χ3v) is 3.40. The lowest BCUT2D eigenvalue weighted by atomic mass is 9.61. The molecule has 1 aliphatic rings. The SMILES string of the molecule is CB(OC(C)(C)C(C)(C)O)C1=CCCOC1. The van der Waals surface area contributed by atoms with Gasteiger partial charge >= 0.3 is 6.92 Å². The summed E-state index contributed by atoms with van der Waals surface area (Å²) < 4.78 is 11.3. The molecule has 1 heterocycles. The molecule has 0 aliphatic carbocycles. The molecule has 0 amide bonds. The molecule has 0 bridgehead atoms. The molecule has 1 rings (SSSR count). The van der Waals surface area contributed by atoms with E-state index in [4.69, 9.17) is 9.39 Å². The summed E-state index contributed by atoms with van der Waals surface area (Å²) in [7, 11) is 0. The van der Waals surface area contributed by atoms with Gasteiger partial charge in [0.25, 0.3) is 0 Å². The summed E-state index contributed by atoms with van der Waals surface area (Å²) in [6.45, 7) is 10.8. The Balaban J connectivity index is 2.63. The van der Waals surface area contributed by atoms with Crippen LogP contribution in [-0.2, 0) is 9.39 Å². The first-order valence-corrected chi connectivity index (χ1v) is 5.91. The van der Waals surface area contributed by atoms with E-state index in [0.717, 1.165) is 13.0 Å². The maximum atomic E-state index is 10.0. The van der Waals surface area contributed by atoms with Gasteiger partial charge in [-0.3, -0.25) is 0 Å². The van der Waals surface area contributed by atoms with Gasteiger partial charge in [0.05, 0.1) is 24.4 Å². The molecule has 0 aromatic rings. The summed E-state index contributed by atoms with van der Waals surface area (Å²) >= 11 is 0. The second-order valence-corrected chi connectivity index (χ2v) is 5.45. The van der Waals surface area contributed by atoms with Crippen molar-refractivity contribution in [3.05, 3.63) is 11.5 Å². The number of rotatable bonds is 4. The second-order valence-electron chi connectivity index (χ2n) is 5.45. The van der Waals surface area contributed by atoms with Crippen molar-refractivity contribution >= 4 is 6.92 Å². The zero-order valence-electron chi connectivity index (χ0n) is 11.0. The van der Waals surface area contributed by atoms with Crippen LogP contribution in [0.1, 0.15) is 34.1 Å². The van der Waals surface area contributed by atoms with Crippen molar-refractivity contribution < 1.29 is 14.5 Å². The molecule has 0 atom stereocenters. The molecule has 0 saturated carbocycles. The Bertz CT molecular complexity index is 266. The number of ether oxygens (including phenoxy) is 1. The zero-order valence-corrected chi connectivity index (χ0v) is 11.0. The summed E-state index contributed by atoms with van der Waals surface area (Å²) in [6, 6.07) is 0. The number of aliphatic hydroxyl groups is 1. The van der Waals surface area contributed by atoms with Gasteiger partial charge in [-0.25, -0.2) is 0 Å². The highest BCUT2D eigenvalue weighted by Crippen LogP contribution is 2.27. The molecule has 0 fully saturated rings. The first-order valence-electron chi connectivity index (χ1n) is 5.91. The lowest BCUT2D eigenvalue weighted by Crippen LogP contribution is -2.50. The molecule has 0 spiro atoms. The van der Waals surface area contributed by atoms with Gasteiger partial charge < -0.3 is 14.5 Å². The predicted octanol–water partition coefficient (Wildman–Crippen LogP) is 2.06. The molecule has 1 N–H and O–H groups in total. The van der Waals surface area contributed by atoms with E-state index in [1.807, 2.05) is 20.7 Å². The van der Waals surface area contributed by atoms with Gasteiger partial charge in [0.1, 0.15) is 0 Å². The van der Waals surface area contributed by atoms with Crippen LogP contribution in [-0.4, -0.2) is 36.4 Å². The van der Waals surface area contributed by atoms with E-state index >= 15 is 0 Å². The van der Waals surface area contributed by atoms with Crippen LogP contribution in [0.25, 0.3) is 0 Å². The molecule has 4 heteroatoms. The fourth-order valence-electron chi connectivity index (χ4n) is 1.52. The third-order valence-electron chi connectivity index (χ3n) is 3.40. The van der Waals surface area contributed by atoms with E-state index in [2.05, 4.69) is 6.08 Å². The highest BCUT2D eigenvalue weighted by molar-refractivity contribution is 6.59. The van der Waals surface area contributed by atoms with Gasteiger partial charge in [0, 0.05) is 0 Å². The third kappa shape index (κ3) is 3.34. The Morgan fingerprint density at radius 3 is 2.44 bits per heavy atom. The van der Waals surface area contributed by atoms with Gasteiger partial charge in [-0.15, -0.1) is 0 Å². The first-order chi connectivity index (χ1) is 7.24. The van der Waals surface area contributed by atoms with Crippen molar-refractivity contribution in [2.24, 2.45) is 0 Å². The summed E-state index contributed by atoms with van der Waals surface area (Å²) in [5.41, 5.74) is -0.272. The Kier molecular flexibility index (Phi) is 4.21. The first kappa shape index (κ1) is 13.7. The van der Waals surface area contributed by atoms with Crippen LogP contribution in [0.4, 0.5) is 0 Å². The van der Waals surface area contributed by atoms with Crippen molar-refractivity contribution in [3.8, 4) is 0 Å². The van der Waals surface area contributed by atoms with Crippen LogP contribution in [0.3, 0.4) is 0 Å². The normalized spacial score (nSPS) is 18.2. The van der Waals surface area contributed by atoms with E-state index in [9.17, 15) is 5.11 Å². The second kappa shape index (κ2) is 4.90. The molecule has 92 valence electrons. The maximum absolute atomic E-state index is 10.0. The fourth-order valence-corrected chi connectivity index (χ4v) is 1.52. The molecule has 0 aromatic heterocycles. The Morgan fingerprint density at radius 1 is 1.38 bits per heavy atom. The quantitative estimate of drug-likeness (QED) is 0.745. The Hall–Kier alpha value is -0.315. The van der Waals surface area contributed by atoms with Gasteiger partial charge in [-0.2, -0.15) is 0 Å². The number of hydrogen-bond donors (Lipinski definition) is 1. The lowest BCUT2D eigenvalue weighted by Gasteiger charge is -2.39. The maximum Gasteiger partial charge on any atom is 0.322 e. The van der Waals surface area contributed by atoms with E-state index < -0.39 is 11.2 Å². The van der Waals surface area contributed by atoms with Crippen molar-refractivity contribution in [1.82, 2.24) is 0 Å². The zero-order chi connectivity index (χ0) is 12.4. The molecule has 1 aliphatic heterocycles. The molecule has 0 saturated heterocycles. The lowest BCUT2D eigenvalue weighted by molar-refractivity contribution is -0.0925. The van der Waals surface area contributed by atoms with Crippen molar-refractivity contribution in [2.75, 3.05) is 13.2 Å². The smallest absolute Gasteiger partial charge is 0.322 e. The van der Waals surface area contributed by atoms with Crippen molar-refractivity contribution in [3.63, 3.8) is 0 Å². The van der Waals surface area contributed by atoms with Crippen LogP contribution >= 0.6 is 0 Å². The highest BCUT2D eigenvalue weighted by atomic mass is 16.5. The summed E-state index contributed by atoms with van der Waals surface area (Å²) in [5.74, 6) is 0. The van der Waals surface area contributed by atoms with E-state index in [-0.39, 0.29) is 6.92 Å². The van der Waals surface area contributed by atoms with Crippen molar-refractivity contribution in [1.29, 1.82) is 0 Å². The topological polar surface area (TPSA) is 38.7 Å². The van der Waals surface area contributed by atoms with E-state index in [1.54, 1.807) is 13.8 Å². The van der Waals surface area contributed by atoms with Gasteiger partial charge in [0.15, 0.2) is 0 Å². The largest absolute Gasteiger partial charge is 0.424 e. The minimum Gasteiger partial charge on any atom is -0.424 e. The van der Waals surface area contributed by atoms with E-state index in [1.165, 1.54) is 5.47 Å². The minimum absolute atomic E-state index is 0.0123.